The molecule has 0 bridgehead atoms. The second kappa shape index (κ2) is 7.12. The number of hydrogen-bond acceptors (Lipinski definition) is 2. The van der Waals surface area contributed by atoms with Crippen LogP contribution in [0.4, 0.5) is 57.1 Å². The summed E-state index contributed by atoms with van der Waals surface area (Å²) in [6.07, 6.45) is -11.6. The second-order valence-electron chi connectivity index (χ2n) is 6.00. The number of aliphatic hydroxyl groups is 2. The molecule has 0 aliphatic rings. The molecule has 0 saturated heterocycles. The van der Waals surface area contributed by atoms with Crippen LogP contribution in [0.15, 0.2) is 0 Å². The van der Waals surface area contributed by atoms with Crippen molar-refractivity contribution in [2.75, 3.05) is 6.61 Å². The van der Waals surface area contributed by atoms with Gasteiger partial charge in [-0.2, -0.15) is 57.1 Å². The van der Waals surface area contributed by atoms with E-state index in [2.05, 4.69) is 0 Å². The lowest BCUT2D eigenvalue weighted by Gasteiger charge is -2.41. The van der Waals surface area contributed by atoms with Gasteiger partial charge < -0.3 is 10.2 Å². The van der Waals surface area contributed by atoms with Gasteiger partial charge in [0.15, 0.2) is 0 Å². The van der Waals surface area contributed by atoms with Gasteiger partial charge in [-0.15, -0.1) is 0 Å². The van der Waals surface area contributed by atoms with Gasteiger partial charge in [0, 0.05) is 13.0 Å². The Hall–Kier alpha value is -0.990. The van der Waals surface area contributed by atoms with E-state index < -0.39 is 67.3 Å². The molecule has 1 unspecified atom stereocenters. The number of alkyl halides is 13. The fraction of sp³-hybridized carbons (Fsp3) is 1.00. The normalized spacial score (nSPS) is 17.8. The van der Waals surface area contributed by atoms with Crippen LogP contribution in [0.2, 0.25) is 0 Å². The maximum absolute atomic E-state index is 13.5. The molecule has 0 aliphatic carbocycles. The van der Waals surface area contributed by atoms with Gasteiger partial charge in [-0.1, -0.05) is 0 Å². The van der Waals surface area contributed by atoms with Gasteiger partial charge in [-0.05, 0) is 19.8 Å². The third-order valence-corrected chi connectivity index (χ3v) is 3.47. The van der Waals surface area contributed by atoms with E-state index in [9.17, 15) is 62.2 Å². The molecule has 2 N–H and O–H groups in total. The van der Waals surface area contributed by atoms with Gasteiger partial charge in [0.25, 0.3) is 0 Å². The predicted octanol–water partition coefficient (Wildman–Crippen LogP) is 4.64. The Labute approximate surface area is 142 Å². The Morgan fingerprint density at radius 1 is 0.630 bits per heavy atom. The molecule has 0 spiro atoms. The first-order chi connectivity index (χ1) is 11.5. The zero-order valence-electron chi connectivity index (χ0n) is 13.1. The topological polar surface area (TPSA) is 40.5 Å². The zero-order valence-corrected chi connectivity index (χ0v) is 13.1. The van der Waals surface area contributed by atoms with E-state index >= 15 is 0 Å². The Morgan fingerprint density at radius 3 is 1.33 bits per heavy atom. The fourth-order valence-corrected chi connectivity index (χ4v) is 1.94. The van der Waals surface area contributed by atoms with Crippen molar-refractivity contribution in [2.45, 2.75) is 67.6 Å². The minimum absolute atomic E-state index is 0.354. The average Bonchev–Trinajstić information content (AvgIpc) is 2.42. The number of aliphatic hydroxyl groups excluding tert-OH is 1. The minimum Gasteiger partial charge on any atom is -0.396 e. The maximum atomic E-state index is 13.5. The van der Waals surface area contributed by atoms with Crippen molar-refractivity contribution in [2.24, 2.45) is 0 Å². The Bertz CT molecular complexity index is 510. The summed E-state index contributed by atoms with van der Waals surface area (Å²) in [5.74, 6) is -37.3. The SMILES string of the molecule is CC(O)(CCCO)CC(F)(F)C(F)(F)C(F)(F)C(F)(F)C(F)(F)C(F)(F)F. The highest BCUT2D eigenvalue weighted by atomic mass is 19.4. The van der Waals surface area contributed by atoms with Crippen molar-refractivity contribution in [1.29, 1.82) is 0 Å². The number of hydrogen-bond donors (Lipinski definition) is 2. The van der Waals surface area contributed by atoms with Gasteiger partial charge in [-0.25, -0.2) is 0 Å². The van der Waals surface area contributed by atoms with Crippen molar-refractivity contribution in [3.63, 3.8) is 0 Å². The summed E-state index contributed by atoms with van der Waals surface area (Å²) < 4.78 is 167. The van der Waals surface area contributed by atoms with Gasteiger partial charge in [0.05, 0.1) is 5.60 Å². The molecule has 0 aromatic heterocycles. The molecule has 0 aromatic carbocycles. The lowest BCUT2D eigenvalue weighted by molar-refractivity contribution is -0.441. The standard InChI is InChI=1S/C12H13F13O2/c1-6(27,3-2-4-26)5-7(13,14)8(15,16)9(17,18)10(19,20)11(21,22)12(23,24)25/h26-27H,2-5H2,1H3. The van der Waals surface area contributed by atoms with Gasteiger partial charge in [0.1, 0.15) is 0 Å². The van der Waals surface area contributed by atoms with Crippen LogP contribution in [0.1, 0.15) is 26.2 Å². The predicted molar refractivity (Wildman–Crippen MR) is 62.4 cm³/mol. The largest absolute Gasteiger partial charge is 0.460 e. The van der Waals surface area contributed by atoms with Crippen molar-refractivity contribution in [3.05, 3.63) is 0 Å². The first-order valence-electron chi connectivity index (χ1n) is 6.81. The minimum atomic E-state index is -7.96. The molecule has 0 amide bonds. The average molecular weight is 436 g/mol. The van der Waals surface area contributed by atoms with E-state index in [1.165, 1.54) is 0 Å². The van der Waals surface area contributed by atoms with Crippen molar-refractivity contribution in [3.8, 4) is 0 Å². The molecule has 164 valence electrons. The molecule has 0 fully saturated rings. The Morgan fingerprint density at radius 2 is 1.00 bits per heavy atom. The molecule has 2 nitrogen and oxygen atoms in total. The summed E-state index contributed by atoms with van der Waals surface area (Å²) in [5.41, 5.74) is -2.98. The van der Waals surface area contributed by atoms with E-state index in [4.69, 9.17) is 5.11 Å². The highest BCUT2D eigenvalue weighted by Crippen LogP contribution is 2.61. The molecule has 0 saturated carbocycles. The summed E-state index contributed by atoms with van der Waals surface area (Å²) in [5, 5.41) is 17.9. The monoisotopic (exact) mass is 436 g/mol. The molecule has 0 aliphatic heterocycles. The van der Waals surface area contributed by atoms with Crippen molar-refractivity contribution in [1.82, 2.24) is 0 Å². The van der Waals surface area contributed by atoms with Gasteiger partial charge >= 0.3 is 35.8 Å². The highest BCUT2D eigenvalue weighted by molar-refractivity contribution is 5.11. The van der Waals surface area contributed by atoms with Crippen molar-refractivity contribution < 1.29 is 67.3 Å². The van der Waals surface area contributed by atoms with Crippen LogP contribution in [-0.2, 0) is 0 Å². The smallest absolute Gasteiger partial charge is 0.396 e. The molecule has 1 atom stereocenters. The van der Waals surface area contributed by atoms with Crippen LogP contribution in [0.5, 0.6) is 0 Å². The van der Waals surface area contributed by atoms with Crippen LogP contribution in [-0.4, -0.2) is 58.2 Å². The molecule has 15 heteroatoms. The molecule has 0 rings (SSSR count). The number of halogens is 13. The van der Waals surface area contributed by atoms with Gasteiger partial charge in [-0.3, -0.25) is 0 Å². The Kier molecular flexibility index (Phi) is 6.86. The van der Waals surface area contributed by atoms with E-state index in [1.807, 2.05) is 0 Å². The van der Waals surface area contributed by atoms with E-state index in [0.29, 0.717) is 6.92 Å². The zero-order chi connectivity index (χ0) is 22.3. The summed E-state index contributed by atoms with van der Waals surface area (Å²) in [6, 6.07) is 0. The van der Waals surface area contributed by atoms with Crippen LogP contribution in [0.25, 0.3) is 0 Å². The Balaban J connectivity index is 6.08. The molecule has 0 heterocycles. The quantitative estimate of drug-likeness (QED) is 0.518. The molecular weight excluding hydrogens is 423 g/mol. The second-order valence-corrected chi connectivity index (χ2v) is 6.00. The lowest BCUT2D eigenvalue weighted by atomic mass is 9.86. The van der Waals surface area contributed by atoms with Crippen LogP contribution in [0, 0.1) is 0 Å². The lowest BCUT2D eigenvalue weighted by Crippen LogP contribution is -2.70. The molecule has 0 aromatic rings. The molecule has 27 heavy (non-hydrogen) atoms. The maximum Gasteiger partial charge on any atom is 0.460 e. The first kappa shape index (κ1) is 26.0. The van der Waals surface area contributed by atoms with Crippen LogP contribution in [0.3, 0.4) is 0 Å². The molecular formula is C12H13F13O2. The summed E-state index contributed by atoms with van der Waals surface area (Å²) >= 11 is 0. The van der Waals surface area contributed by atoms with Gasteiger partial charge in [0.2, 0.25) is 0 Å². The van der Waals surface area contributed by atoms with E-state index in [0.717, 1.165) is 0 Å². The van der Waals surface area contributed by atoms with Crippen molar-refractivity contribution >= 4 is 0 Å². The summed E-state index contributed by atoms with van der Waals surface area (Å²) in [4.78, 5) is 0. The fourth-order valence-electron chi connectivity index (χ4n) is 1.94. The van der Waals surface area contributed by atoms with E-state index in [1.54, 1.807) is 0 Å². The first-order valence-corrected chi connectivity index (χ1v) is 6.81. The van der Waals surface area contributed by atoms with Crippen LogP contribution >= 0.6 is 0 Å². The third kappa shape index (κ3) is 4.38. The molecule has 0 radical (unpaired) electrons. The van der Waals surface area contributed by atoms with E-state index in [-0.39, 0.29) is 0 Å². The summed E-state index contributed by atoms with van der Waals surface area (Å²) in [7, 11) is 0. The summed E-state index contributed by atoms with van der Waals surface area (Å²) in [6.45, 7) is -0.433. The van der Waals surface area contributed by atoms with Crippen LogP contribution < -0.4 is 0 Å². The highest BCUT2D eigenvalue weighted by Gasteiger charge is 2.90. The number of rotatable bonds is 9. The third-order valence-electron chi connectivity index (χ3n) is 3.47.